The molecule has 0 aromatic heterocycles. The molecule has 2 aromatic rings. The molecule has 1 aliphatic heterocycles. The molecule has 2 aromatic carbocycles. The molecule has 9 heteroatoms. The molecule has 1 amide bonds. The zero-order valence-corrected chi connectivity index (χ0v) is 17.7. The van der Waals surface area contributed by atoms with Crippen LogP contribution >= 0.6 is 27.7 Å². The molecule has 0 bridgehead atoms. The number of hydrogen-bond acceptors (Lipinski definition) is 7. The van der Waals surface area contributed by atoms with Crippen LogP contribution in [-0.4, -0.2) is 47.3 Å². The van der Waals surface area contributed by atoms with Crippen molar-refractivity contribution in [3.05, 3.63) is 52.0 Å². The first kappa shape index (κ1) is 20.2. The number of nitrogens with zero attached hydrogens (tertiary/aromatic N) is 3. The van der Waals surface area contributed by atoms with E-state index in [-0.39, 0.29) is 11.7 Å². The molecule has 0 atom stereocenters. The van der Waals surface area contributed by atoms with Crippen LogP contribution in [0.2, 0.25) is 0 Å². The Morgan fingerprint density at radius 3 is 2.71 bits per heavy atom. The van der Waals surface area contributed by atoms with Crippen molar-refractivity contribution < 1.29 is 19.4 Å². The van der Waals surface area contributed by atoms with E-state index >= 15 is 0 Å². The van der Waals surface area contributed by atoms with E-state index in [9.17, 15) is 9.90 Å². The van der Waals surface area contributed by atoms with Crippen LogP contribution in [0.4, 0.5) is 0 Å². The number of halogens is 1. The van der Waals surface area contributed by atoms with Crippen molar-refractivity contribution in [3.8, 4) is 17.2 Å². The molecule has 0 saturated carbocycles. The van der Waals surface area contributed by atoms with Crippen molar-refractivity contribution in [2.24, 2.45) is 10.2 Å². The Morgan fingerprint density at radius 1 is 1.21 bits per heavy atom. The normalized spacial score (nSPS) is 15.6. The molecule has 1 saturated heterocycles. The zero-order chi connectivity index (χ0) is 20.1. The van der Waals surface area contributed by atoms with Gasteiger partial charge in [0.05, 0.1) is 37.2 Å². The van der Waals surface area contributed by atoms with Gasteiger partial charge in [0.25, 0.3) is 0 Å². The second-order valence-electron chi connectivity index (χ2n) is 5.80. The molecule has 1 fully saturated rings. The Labute approximate surface area is 175 Å². The summed E-state index contributed by atoms with van der Waals surface area (Å²) in [6.07, 6.45) is 1.54. The molecule has 0 radical (unpaired) electrons. The minimum atomic E-state index is -0.0165. The minimum absolute atomic E-state index is 0.0165. The van der Waals surface area contributed by atoms with E-state index in [4.69, 9.17) is 9.47 Å². The van der Waals surface area contributed by atoms with Crippen LogP contribution in [0.3, 0.4) is 0 Å². The standard InChI is InChI=1S/C19H18BrN3O4S/c1-26-16-6-4-13(7-14(16)20)10-23-18(25)11-28-19(23)22-21-9-12-3-5-15(24)17(8-12)27-2/h3-9,24H,10-11H2,1-2H3. The number of phenolic OH excluding ortho intramolecular Hbond substituents is 1. The number of carbonyl (C=O) groups excluding carboxylic acids is 1. The first-order chi connectivity index (χ1) is 13.5. The van der Waals surface area contributed by atoms with E-state index in [1.54, 1.807) is 30.4 Å². The molecule has 28 heavy (non-hydrogen) atoms. The summed E-state index contributed by atoms with van der Waals surface area (Å²) in [5, 5.41) is 18.5. The second kappa shape index (κ2) is 9.11. The largest absolute Gasteiger partial charge is 0.504 e. The number of ether oxygens (including phenoxy) is 2. The van der Waals surface area contributed by atoms with E-state index in [0.29, 0.717) is 23.2 Å². The summed E-state index contributed by atoms with van der Waals surface area (Å²) in [6.45, 7) is 0.399. The van der Waals surface area contributed by atoms with Gasteiger partial charge in [-0.2, -0.15) is 5.10 Å². The third-order valence-corrected chi connectivity index (χ3v) is 5.54. The van der Waals surface area contributed by atoms with Gasteiger partial charge in [-0.05, 0) is 57.4 Å². The molecule has 0 spiro atoms. The Morgan fingerprint density at radius 2 is 2.00 bits per heavy atom. The fourth-order valence-electron chi connectivity index (χ4n) is 2.54. The molecule has 1 aliphatic rings. The molecule has 3 rings (SSSR count). The van der Waals surface area contributed by atoms with Crippen molar-refractivity contribution in [1.82, 2.24) is 4.90 Å². The van der Waals surface area contributed by atoms with Crippen LogP contribution < -0.4 is 9.47 Å². The summed E-state index contributed by atoms with van der Waals surface area (Å²) in [7, 11) is 3.08. The van der Waals surface area contributed by atoms with Gasteiger partial charge in [-0.15, -0.1) is 5.10 Å². The van der Waals surface area contributed by atoms with E-state index in [0.717, 1.165) is 21.3 Å². The van der Waals surface area contributed by atoms with E-state index < -0.39 is 0 Å². The maximum Gasteiger partial charge on any atom is 0.239 e. The third-order valence-electron chi connectivity index (χ3n) is 3.97. The van der Waals surface area contributed by atoms with E-state index in [1.165, 1.54) is 24.9 Å². The van der Waals surface area contributed by atoms with Gasteiger partial charge in [0.2, 0.25) is 5.91 Å². The molecule has 0 aliphatic carbocycles. The van der Waals surface area contributed by atoms with Gasteiger partial charge >= 0.3 is 0 Å². The molecular formula is C19H18BrN3O4S. The Bertz CT molecular complexity index is 949. The third kappa shape index (κ3) is 4.66. The lowest BCUT2D eigenvalue weighted by Gasteiger charge is -2.16. The van der Waals surface area contributed by atoms with Gasteiger partial charge in [0.15, 0.2) is 16.7 Å². The molecule has 0 unspecified atom stereocenters. The van der Waals surface area contributed by atoms with Gasteiger partial charge in [-0.3, -0.25) is 9.69 Å². The molecule has 1 N–H and O–H groups in total. The fourth-order valence-corrected chi connectivity index (χ4v) is 3.96. The van der Waals surface area contributed by atoms with Crippen molar-refractivity contribution in [2.45, 2.75) is 6.54 Å². The second-order valence-corrected chi connectivity index (χ2v) is 7.59. The predicted molar refractivity (Wildman–Crippen MR) is 113 cm³/mol. The number of carbonyl (C=O) groups is 1. The van der Waals surface area contributed by atoms with Crippen molar-refractivity contribution >= 4 is 45.0 Å². The zero-order valence-electron chi connectivity index (χ0n) is 15.3. The molecule has 7 nitrogen and oxygen atoms in total. The fraction of sp³-hybridized carbons (Fsp3) is 0.211. The first-order valence-electron chi connectivity index (χ1n) is 8.25. The van der Waals surface area contributed by atoms with Gasteiger partial charge in [0.1, 0.15) is 5.75 Å². The minimum Gasteiger partial charge on any atom is -0.504 e. The highest BCUT2D eigenvalue weighted by Gasteiger charge is 2.28. The van der Waals surface area contributed by atoms with E-state index in [1.807, 2.05) is 18.2 Å². The quantitative estimate of drug-likeness (QED) is 0.522. The van der Waals surface area contributed by atoms with Gasteiger partial charge in [0, 0.05) is 0 Å². The summed E-state index contributed by atoms with van der Waals surface area (Å²) in [4.78, 5) is 13.8. The monoisotopic (exact) mass is 463 g/mol. The lowest BCUT2D eigenvalue weighted by molar-refractivity contribution is -0.124. The van der Waals surface area contributed by atoms with Crippen LogP contribution in [0.5, 0.6) is 17.2 Å². The SMILES string of the molecule is COc1cc(C=NN=C2SCC(=O)N2Cc2ccc(OC)c(Br)c2)ccc1O. The van der Waals surface area contributed by atoms with Crippen molar-refractivity contribution in [2.75, 3.05) is 20.0 Å². The smallest absolute Gasteiger partial charge is 0.239 e. The van der Waals surface area contributed by atoms with Crippen LogP contribution in [0.15, 0.2) is 51.1 Å². The number of thioether (sulfide) groups is 1. The maximum absolute atomic E-state index is 12.2. The highest BCUT2D eigenvalue weighted by Crippen LogP contribution is 2.28. The van der Waals surface area contributed by atoms with Crippen LogP contribution in [0.25, 0.3) is 0 Å². The van der Waals surface area contributed by atoms with Gasteiger partial charge < -0.3 is 14.6 Å². The summed E-state index contributed by atoms with van der Waals surface area (Å²) in [6, 6.07) is 10.5. The highest BCUT2D eigenvalue weighted by molar-refractivity contribution is 9.10. The summed E-state index contributed by atoms with van der Waals surface area (Å²) in [5.41, 5.74) is 1.67. The molecule has 146 valence electrons. The highest BCUT2D eigenvalue weighted by atomic mass is 79.9. The van der Waals surface area contributed by atoms with Crippen molar-refractivity contribution in [3.63, 3.8) is 0 Å². The van der Waals surface area contributed by atoms with Crippen molar-refractivity contribution in [1.29, 1.82) is 0 Å². The predicted octanol–water partition coefficient (Wildman–Crippen LogP) is 3.64. The summed E-state index contributed by atoms with van der Waals surface area (Å²) >= 11 is 4.80. The molecular weight excluding hydrogens is 446 g/mol. The van der Waals surface area contributed by atoms with Crippen LogP contribution in [-0.2, 0) is 11.3 Å². The molecule has 1 heterocycles. The number of rotatable bonds is 6. The van der Waals surface area contributed by atoms with Crippen LogP contribution in [0, 0.1) is 0 Å². The number of benzene rings is 2. The Kier molecular flexibility index (Phi) is 6.58. The number of aromatic hydroxyl groups is 1. The lowest BCUT2D eigenvalue weighted by Crippen LogP contribution is -2.28. The van der Waals surface area contributed by atoms with Gasteiger partial charge in [-0.1, -0.05) is 17.8 Å². The van der Waals surface area contributed by atoms with Gasteiger partial charge in [-0.25, -0.2) is 0 Å². The van der Waals surface area contributed by atoms with Crippen LogP contribution in [0.1, 0.15) is 11.1 Å². The topological polar surface area (TPSA) is 83.7 Å². The lowest BCUT2D eigenvalue weighted by atomic mass is 10.2. The average Bonchev–Trinajstić information content (AvgIpc) is 3.03. The maximum atomic E-state index is 12.2. The Hall–Kier alpha value is -2.52. The number of methoxy groups -OCH3 is 2. The number of hydrogen-bond donors (Lipinski definition) is 1. The summed E-state index contributed by atoms with van der Waals surface area (Å²) < 4.78 is 11.1. The number of phenols is 1. The first-order valence-corrected chi connectivity index (χ1v) is 10.0. The average molecular weight is 464 g/mol. The number of amides is 1. The summed E-state index contributed by atoms with van der Waals surface area (Å²) in [5.74, 6) is 1.46. The number of amidine groups is 1. The Balaban J connectivity index is 1.75. The van der Waals surface area contributed by atoms with E-state index in [2.05, 4.69) is 26.1 Å².